The van der Waals surface area contributed by atoms with E-state index in [1.165, 1.54) is 0 Å². The largest absolute Gasteiger partial charge is 0.397 e. The molecule has 1 amide bonds. The molecule has 1 aromatic heterocycles. The van der Waals surface area contributed by atoms with Crippen molar-refractivity contribution in [3.8, 4) is 10.4 Å². The number of nitrogens with one attached hydrogen (secondary N) is 2. The molecule has 8 nitrogen and oxygen atoms in total. The molecule has 5 rings (SSSR count). The normalized spacial score (nSPS) is 19.0. The molecule has 2 saturated heterocycles. The molecule has 2 aliphatic rings. The molecule has 9 heteroatoms. The zero-order valence-electron chi connectivity index (χ0n) is 21.3. The quantitative estimate of drug-likeness (QED) is 0.353. The van der Waals surface area contributed by atoms with E-state index >= 15 is 0 Å². The minimum Gasteiger partial charge on any atom is -0.397 e. The van der Waals surface area contributed by atoms with Crippen LogP contribution in [-0.4, -0.2) is 84.4 Å². The van der Waals surface area contributed by atoms with Gasteiger partial charge in [-0.25, -0.2) is 0 Å². The Kier molecular flexibility index (Phi) is 8.07. The Hall–Kier alpha value is -2.95. The van der Waals surface area contributed by atoms with Crippen LogP contribution in [0.3, 0.4) is 0 Å². The van der Waals surface area contributed by atoms with Gasteiger partial charge in [0.05, 0.1) is 11.4 Å². The van der Waals surface area contributed by atoms with Crippen LogP contribution in [0.15, 0.2) is 60.0 Å². The number of aliphatic hydroxyl groups is 1. The highest BCUT2D eigenvalue weighted by Gasteiger charge is 2.29. The Bertz CT molecular complexity index is 1170. The third-order valence-electron chi connectivity index (χ3n) is 7.35. The highest BCUT2D eigenvalue weighted by atomic mass is 32.1. The maximum absolute atomic E-state index is 12.9. The van der Waals surface area contributed by atoms with Crippen LogP contribution in [0.4, 0.5) is 17.1 Å². The van der Waals surface area contributed by atoms with Crippen LogP contribution in [0.25, 0.3) is 10.4 Å². The Balaban J connectivity index is 1.12. The lowest BCUT2D eigenvalue weighted by Gasteiger charge is -2.42. The number of hydrogen-bond acceptors (Lipinski definition) is 8. The van der Waals surface area contributed by atoms with Crippen LogP contribution in [-0.2, 0) is 0 Å². The van der Waals surface area contributed by atoms with Crippen LogP contribution in [0.5, 0.6) is 0 Å². The van der Waals surface area contributed by atoms with E-state index in [9.17, 15) is 9.90 Å². The first-order valence-electron chi connectivity index (χ1n) is 12.9. The fraction of sp³-hybridized carbons (Fsp3) is 0.393. The second kappa shape index (κ2) is 11.6. The number of amides is 1. The van der Waals surface area contributed by atoms with Crippen molar-refractivity contribution in [2.45, 2.75) is 25.2 Å². The average Bonchev–Trinajstić information content (AvgIpc) is 3.46. The summed E-state index contributed by atoms with van der Waals surface area (Å²) in [5.74, 6) is -0.187. The van der Waals surface area contributed by atoms with Crippen molar-refractivity contribution in [1.29, 1.82) is 0 Å². The van der Waals surface area contributed by atoms with Crippen molar-refractivity contribution in [2.75, 3.05) is 62.7 Å². The van der Waals surface area contributed by atoms with Gasteiger partial charge in [-0.15, -0.1) is 11.3 Å². The number of rotatable bonds is 7. The van der Waals surface area contributed by atoms with Gasteiger partial charge >= 0.3 is 0 Å². The predicted octanol–water partition coefficient (Wildman–Crippen LogP) is 3.65. The number of anilines is 3. The Morgan fingerprint density at radius 1 is 1.00 bits per heavy atom. The summed E-state index contributed by atoms with van der Waals surface area (Å²) in [5.41, 5.74) is 9.88. The second-order valence-corrected chi connectivity index (χ2v) is 10.9. The average molecular weight is 521 g/mol. The minimum atomic E-state index is -0.493. The maximum atomic E-state index is 12.9. The summed E-state index contributed by atoms with van der Waals surface area (Å²) in [6.45, 7) is 5.52. The SMILES string of the molecule is CN1CCN(C(O)N2CCC(Nc3ccc(C(=O)Nc4cc(-c5cccs5)ccc4N)cc3)CC2)CC1. The van der Waals surface area contributed by atoms with E-state index in [4.69, 9.17) is 5.73 Å². The summed E-state index contributed by atoms with van der Waals surface area (Å²) in [7, 11) is 2.13. The van der Waals surface area contributed by atoms with Crippen LogP contribution in [0, 0.1) is 0 Å². The molecule has 0 bridgehead atoms. The van der Waals surface area contributed by atoms with Gasteiger partial charge in [0.1, 0.15) is 0 Å². The Labute approximate surface area is 222 Å². The molecular formula is C28H36N6O2S. The smallest absolute Gasteiger partial charge is 0.255 e. The van der Waals surface area contributed by atoms with Crippen molar-refractivity contribution >= 4 is 34.3 Å². The molecule has 0 aliphatic carbocycles. The number of piperazine rings is 1. The summed E-state index contributed by atoms with van der Waals surface area (Å²) in [6, 6.07) is 17.7. The lowest BCUT2D eigenvalue weighted by molar-refractivity contribution is -0.129. The van der Waals surface area contributed by atoms with Crippen LogP contribution in [0.2, 0.25) is 0 Å². The van der Waals surface area contributed by atoms with Crippen LogP contribution >= 0.6 is 11.3 Å². The standard InChI is InChI=1S/C28H36N6O2S/c1-32-14-16-34(17-15-32)28(36)33-12-10-23(11-13-33)30-22-7-4-20(5-8-22)27(35)31-25-19-21(6-9-24(25)29)26-3-2-18-37-26/h2-9,18-19,23,28,30,36H,10-17,29H2,1H3,(H,31,35). The zero-order valence-corrected chi connectivity index (χ0v) is 22.1. The molecule has 2 aromatic carbocycles. The fourth-order valence-electron chi connectivity index (χ4n) is 4.97. The highest BCUT2D eigenvalue weighted by Crippen LogP contribution is 2.30. The van der Waals surface area contributed by atoms with E-state index in [1.807, 2.05) is 60.0 Å². The van der Waals surface area contributed by atoms with Gasteiger partial charge in [0.25, 0.3) is 5.91 Å². The zero-order chi connectivity index (χ0) is 25.8. The predicted molar refractivity (Wildman–Crippen MR) is 152 cm³/mol. The molecule has 2 aliphatic heterocycles. The second-order valence-electron chi connectivity index (χ2n) is 9.95. The molecule has 3 aromatic rings. The van der Waals surface area contributed by atoms with Gasteiger partial charge in [-0.2, -0.15) is 0 Å². The molecule has 0 radical (unpaired) electrons. The van der Waals surface area contributed by atoms with Crippen LogP contribution < -0.4 is 16.4 Å². The molecule has 2 fully saturated rings. The van der Waals surface area contributed by atoms with Crippen molar-refractivity contribution in [2.24, 2.45) is 0 Å². The molecule has 3 heterocycles. The van der Waals surface area contributed by atoms with E-state index in [1.54, 1.807) is 11.3 Å². The van der Waals surface area contributed by atoms with E-state index < -0.39 is 6.35 Å². The number of nitrogen functional groups attached to an aromatic ring is 1. The first-order chi connectivity index (χ1) is 18.0. The molecule has 0 saturated carbocycles. The number of thiophene rings is 1. The maximum Gasteiger partial charge on any atom is 0.255 e. The Morgan fingerprint density at radius 2 is 1.70 bits per heavy atom. The molecule has 196 valence electrons. The monoisotopic (exact) mass is 520 g/mol. The number of carbonyl (C=O) groups excluding carboxylic acids is 1. The first-order valence-corrected chi connectivity index (χ1v) is 13.8. The summed E-state index contributed by atoms with van der Waals surface area (Å²) < 4.78 is 0. The molecule has 1 unspecified atom stereocenters. The molecule has 1 atom stereocenters. The molecule has 0 spiro atoms. The van der Waals surface area contributed by atoms with Gasteiger partial charge in [0.2, 0.25) is 0 Å². The van der Waals surface area contributed by atoms with Crippen LogP contribution in [0.1, 0.15) is 23.2 Å². The van der Waals surface area contributed by atoms with Crippen molar-refractivity contribution in [3.05, 3.63) is 65.5 Å². The number of carbonyl (C=O) groups is 1. The van der Waals surface area contributed by atoms with Crippen molar-refractivity contribution in [3.63, 3.8) is 0 Å². The third-order valence-corrected chi connectivity index (χ3v) is 8.26. The van der Waals surface area contributed by atoms with Gasteiger partial charge < -0.3 is 26.4 Å². The summed E-state index contributed by atoms with van der Waals surface area (Å²) in [4.78, 5) is 20.7. The van der Waals surface area contributed by atoms with Gasteiger partial charge in [-0.1, -0.05) is 12.1 Å². The number of likely N-dealkylation sites (tertiary alicyclic amines) is 1. The van der Waals surface area contributed by atoms with E-state index in [-0.39, 0.29) is 5.91 Å². The number of nitrogens with zero attached hydrogens (tertiary/aromatic N) is 3. The van der Waals surface area contributed by atoms with Crippen molar-refractivity contribution < 1.29 is 9.90 Å². The number of piperidine rings is 1. The van der Waals surface area contributed by atoms with E-state index in [0.717, 1.165) is 68.2 Å². The summed E-state index contributed by atoms with van der Waals surface area (Å²) >= 11 is 1.65. The lowest BCUT2D eigenvalue weighted by atomic mass is 10.0. The number of nitrogens with two attached hydrogens (primary N) is 1. The van der Waals surface area contributed by atoms with E-state index in [2.05, 4.69) is 32.4 Å². The van der Waals surface area contributed by atoms with Gasteiger partial charge in [-0.3, -0.25) is 14.6 Å². The van der Waals surface area contributed by atoms with Gasteiger partial charge in [-0.05, 0) is 73.3 Å². The first kappa shape index (κ1) is 25.7. The number of likely N-dealkylation sites (N-methyl/N-ethyl adjacent to an activating group) is 1. The topological polar surface area (TPSA) is 97.1 Å². The fourth-order valence-corrected chi connectivity index (χ4v) is 5.69. The minimum absolute atomic E-state index is 0.187. The number of aliphatic hydroxyl groups excluding tert-OH is 1. The molecule has 5 N–H and O–H groups in total. The highest BCUT2D eigenvalue weighted by molar-refractivity contribution is 7.13. The molecule has 37 heavy (non-hydrogen) atoms. The third kappa shape index (κ3) is 6.31. The van der Waals surface area contributed by atoms with Crippen molar-refractivity contribution in [1.82, 2.24) is 14.7 Å². The van der Waals surface area contributed by atoms with Gasteiger partial charge in [0, 0.05) is 61.4 Å². The van der Waals surface area contributed by atoms with E-state index in [0.29, 0.717) is 23.0 Å². The lowest BCUT2D eigenvalue weighted by Crippen LogP contribution is -2.57. The number of benzene rings is 2. The summed E-state index contributed by atoms with van der Waals surface area (Å²) in [6.07, 6.45) is 1.44. The Morgan fingerprint density at radius 3 is 2.38 bits per heavy atom. The number of hydrogen-bond donors (Lipinski definition) is 4. The summed E-state index contributed by atoms with van der Waals surface area (Å²) in [5, 5.41) is 19.4. The van der Waals surface area contributed by atoms with Gasteiger partial charge in [0.15, 0.2) is 6.35 Å². The molecular weight excluding hydrogens is 484 g/mol.